The first-order chi connectivity index (χ1) is 21.2. The van der Waals surface area contributed by atoms with Crippen LogP contribution in [0, 0.1) is 5.41 Å². The maximum atomic E-state index is 13.9. The zero-order valence-electron chi connectivity index (χ0n) is 25.6. The van der Waals surface area contributed by atoms with E-state index in [2.05, 4.69) is 15.7 Å². The van der Waals surface area contributed by atoms with Crippen LogP contribution in [0.5, 0.6) is 0 Å². The van der Waals surface area contributed by atoms with E-state index in [1.807, 2.05) is 13.8 Å². The molecule has 0 bridgehead atoms. The second-order valence-corrected chi connectivity index (χ2v) is 12.6. The third-order valence-electron chi connectivity index (χ3n) is 8.17. The lowest BCUT2D eigenvalue weighted by molar-refractivity contribution is -0.150. The molecule has 14 heteroatoms. The summed E-state index contributed by atoms with van der Waals surface area (Å²) in [5, 5.41) is 9.84. The number of carbonyl (C=O) groups excluding carboxylic acids is 4. The van der Waals surface area contributed by atoms with Gasteiger partial charge < -0.3 is 26.8 Å². The van der Waals surface area contributed by atoms with E-state index in [-0.39, 0.29) is 60.8 Å². The van der Waals surface area contributed by atoms with Crippen LogP contribution in [0.3, 0.4) is 0 Å². The Bertz CT molecular complexity index is 1430. The molecule has 246 valence electrons. The number of nitrogens with zero attached hydrogens (tertiary/aromatic N) is 2. The normalized spacial score (nSPS) is 19.5. The third-order valence-corrected chi connectivity index (χ3v) is 8.17. The highest BCUT2D eigenvalue weighted by Gasteiger charge is 2.45. The van der Waals surface area contributed by atoms with Crippen LogP contribution in [0.2, 0.25) is 0 Å². The lowest BCUT2D eigenvalue weighted by Crippen LogP contribution is -2.33. The van der Waals surface area contributed by atoms with Crippen LogP contribution in [-0.2, 0) is 26.9 Å². The van der Waals surface area contributed by atoms with Crippen LogP contribution in [0.1, 0.15) is 104 Å². The molecule has 0 aliphatic heterocycles. The Kier molecular flexibility index (Phi) is 10.6. The molecule has 0 radical (unpaired) electrons. The van der Waals surface area contributed by atoms with Gasteiger partial charge in [-0.05, 0) is 75.1 Å². The summed E-state index contributed by atoms with van der Waals surface area (Å²) in [7, 11) is 0. The number of esters is 1. The Morgan fingerprint density at radius 1 is 1.09 bits per heavy atom. The standard InChI is InChI=1S/C31H41F3N6O5/c1-30(2)16-23-27(24(41)17-30)28(31(32,33)34)39-40(23)19-8-11-21(29(36)44)22(15-19)38-18-6-9-20(10-7-18)45-26(43)12-14-37-25(42)5-3-4-13-35/h8,11,15,18,20,38H,3-7,9-10,12-14,16-17,35H2,1-2H3,(H2,36,44)(H,37,42). The molecule has 11 nitrogen and oxygen atoms in total. The zero-order chi connectivity index (χ0) is 32.9. The molecule has 45 heavy (non-hydrogen) atoms. The smallest absolute Gasteiger partial charge is 0.435 e. The fourth-order valence-electron chi connectivity index (χ4n) is 5.97. The Balaban J connectivity index is 1.42. The van der Waals surface area contributed by atoms with Crippen LogP contribution in [0.15, 0.2) is 18.2 Å². The number of Topliss-reactive ketones (excluding diaryl/α,β-unsaturated/α-hetero) is 1. The number of rotatable bonds is 12. The minimum atomic E-state index is -4.82. The van der Waals surface area contributed by atoms with Crippen molar-refractivity contribution in [2.24, 2.45) is 16.9 Å². The SMILES string of the molecule is CC1(C)CC(=O)c2c(C(F)(F)F)nn(-c3ccc(C(N)=O)c(NC4CCC(OC(=O)CCNC(=O)CCCCN)CC4)c3)c2C1. The number of ketones is 1. The minimum absolute atomic E-state index is 0.0215. The van der Waals surface area contributed by atoms with Crippen molar-refractivity contribution in [2.45, 2.75) is 96.4 Å². The van der Waals surface area contributed by atoms with E-state index in [0.717, 1.165) is 11.1 Å². The number of anilines is 1. The third kappa shape index (κ3) is 8.62. The zero-order valence-corrected chi connectivity index (χ0v) is 25.6. The maximum absolute atomic E-state index is 13.9. The van der Waals surface area contributed by atoms with E-state index < -0.39 is 40.5 Å². The largest absolute Gasteiger partial charge is 0.462 e. The van der Waals surface area contributed by atoms with Crippen molar-refractivity contribution in [3.63, 3.8) is 0 Å². The van der Waals surface area contributed by atoms with Gasteiger partial charge in [0.05, 0.1) is 28.9 Å². The molecule has 4 rings (SSSR count). The van der Waals surface area contributed by atoms with Crippen LogP contribution in [-0.4, -0.2) is 58.6 Å². The Hall–Kier alpha value is -3.94. The molecule has 2 aliphatic carbocycles. The molecule has 6 N–H and O–H groups in total. The van der Waals surface area contributed by atoms with E-state index >= 15 is 0 Å². The number of primary amides is 1. The number of amides is 2. The second-order valence-electron chi connectivity index (χ2n) is 12.6. The highest BCUT2D eigenvalue weighted by Crippen LogP contribution is 2.42. The van der Waals surface area contributed by atoms with Crippen molar-refractivity contribution in [2.75, 3.05) is 18.4 Å². The van der Waals surface area contributed by atoms with E-state index in [1.54, 1.807) is 0 Å². The number of carbonyl (C=O) groups is 4. The topological polar surface area (TPSA) is 171 Å². The predicted octanol–water partition coefficient (Wildman–Crippen LogP) is 4.05. The summed E-state index contributed by atoms with van der Waals surface area (Å²) in [5.74, 6) is -1.85. The van der Waals surface area contributed by atoms with Crippen molar-refractivity contribution < 1.29 is 37.1 Å². The number of nitrogens with one attached hydrogen (secondary N) is 2. The van der Waals surface area contributed by atoms with E-state index in [1.165, 1.54) is 18.2 Å². The van der Waals surface area contributed by atoms with E-state index in [0.29, 0.717) is 50.8 Å². The van der Waals surface area contributed by atoms with Gasteiger partial charge in [0, 0.05) is 31.1 Å². The van der Waals surface area contributed by atoms with Gasteiger partial charge in [0.1, 0.15) is 6.10 Å². The number of unbranched alkanes of at least 4 members (excludes halogenated alkanes) is 1. The van der Waals surface area contributed by atoms with Crippen molar-refractivity contribution in [3.8, 4) is 5.69 Å². The summed E-state index contributed by atoms with van der Waals surface area (Å²) >= 11 is 0. The number of benzene rings is 1. The molecular formula is C31H41F3N6O5. The van der Waals surface area contributed by atoms with Crippen molar-refractivity contribution in [3.05, 3.63) is 40.7 Å². The lowest BCUT2D eigenvalue weighted by Gasteiger charge is -2.30. The highest BCUT2D eigenvalue weighted by atomic mass is 19.4. The van der Waals surface area contributed by atoms with Gasteiger partial charge >= 0.3 is 12.1 Å². The average Bonchev–Trinajstić information content (AvgIpc) is 3.33. The molecule has 1 aromatic heterocycles. The second kappa shape index (κ2) is 14.0. The molecule has 1 fully saturated rings. The monoisotopic (exact) mass is 634 g/mol. The number of fused-ring (bicyclic) bond motifs is 1. The molecule has 1 saturated carbocycles. The fourth-order valence-corrected chi connectivity index (χ4v) is 5.97. The van der Waals surface area contributed by atoms with Crippen LogP contribution in [0.4, 0.5) is 18.9 Å². The molecule has 0 unspecified atom stereocenters. The predicted molar refractivity (Wildman–Crippen MR) is 160 cm³/mol. The summed E-state index contributed by atoms with van der Waals surface area (Å²) < 4.78 is 48.5. The van der Waals surface area contributed by atoms with Crippen LogP contribution in [0.25, 0.3) is 5.69 Å². The fraction of sp³-hybridized carbons (Fsp3) is 0.581. The first-order valence-corrected chi connectivity index (χ1v) is 15.3. The molecule has 0 atom stereocenters. The molecular weight excluding hydrogens is 593 g/mol. The van der Waals surface area contributed by atoms with Gasteiger partial charge in [-0.25, -0.2) is 4.68 Å². The highest BCUT2D eigenvalue weighted by molar-refractivity contribution is 6.00. The van der Waals surface area contributed by atoms with Crippen LogP contribution < -0.4 is 22.1 Å². The molecule has 0 saturated heterocycles. The van der Waals surface area contributed by atoms with Gasteiger partial charge in [-0.2, -0.15) is 18.3 Å². The molecule has 2 amide bonds. The Morgan fingerprint density at radius 2 is 1.80 bits per heavy atom. The summed E-state index contributed by atoms with van der Waals surface area (Å²) in [5.41, 5.74) is 9.78. The molecule has 0 spiro atoms. The molecule has 1 aromatic carbocycles. The van der Waals surface area contributed by atoms with E-state index in [9.17, 15) is 32.3 Å². The van der Waals surface area contributed by atoms with Gasteiger partial charge in [0.15, 0.2) is 11.5 Å². The Morgan fingerprint density at radius 3 is 2.44 bits per heavy atom. The van der Waals surface area contributed by atoms with Crippen molar-refractivity contribution in [1.82, 2.24) is 15.1 Å². The molecule has 2 aliphatic rings. The number of nitrogens with two attached hydrogens (primary N) is 2. The number of hydrogen-bond acceptors (Lipinski definition) is 8. The number of hydrogen-bond donors (Lipinski definition) is 4. The maximum Gasteiger partial charge on any atom is 0.435 e. The van der Waals surface area contributed by atoms with Gasteiger partial charge in [-0.3, -0.25) is 19.2 Å². The number of ether oxygens (including phenoxy) is 1. The quantitative estimate of drug-likeness (QED) is 0.200. The van der Waals surface area contributed by atoms with Gasteiger partial charge in [-0.1, -0.05) is 13.8 Å². The van der Waals surface area contributed by atoms with Gasteiger partial charge in [0.25, 0.3) is 5.91 Å². The van der Waals surface area contributed by atoms with Crippen molar-refractivity contribution in [1.29, 1.82) is 0 Å². The summed E-state index contributed by atoms with van der Waals surface area (Å²) in [6, 6.07) is 4.29. The van der Waals surface area contributed by atoms with Crippen molar-refractivity contribution >= 4 is 29.3 Å². The van der Waals surface area contributed by atoms with Gasteiger partial charge in [-0.15, -0.1) is 0 Å². The molecule has 1 heterocycles. The number of halogens is 3. The minimum Gasteiger partial charge on any atom is -0.462 e. The summed E-state index contributed by atoms with van der Waals surface area (Å²) in [4.78, 5) is 49.1. The average molecular weight is 635 g/mol. The number of aromatic nitrogens is 2. The first-order valence-electron chi connectivity index (χ1n) is 15.3. The summed E-state index contributed by atoms with van der Waals surface area (Å²) in [6.07, 6.45) is -0.752. The summed E-state index contributed by atoms with van der Waals surface area (Å²) in [6.45, 7) is 4.36. The van der Waals surface area contributed by atoms with Gasteiger partial charge in [0.2, 0.25) is 5.91 Å². The molecule has 2 aromatic rings. The first kappa shape index (κ1) is 33.9. The van der Waals surface area contributed by atoms with Crippen LogP contribution >= 0.6 is 0 Å². The Labute approximate surface area is 259 Å². The lowest BCUT2D eigenvalue weighted by atomic mass is 9.75. The van der Waals surface area contributed by atoms with E-state index in [4.69, 9.17) is 16.2 Å². The number of alkyl halides is 3.